The van der Waals surface area contributed by atoms with Crippen LogP contribution in [-0.2, 0) is 0 Å². The van der Waals surface area contributed by atoms with Gasteiger partial charge in [0.05, 0.1) is 0 Å². The van der Waals surface area contributed by atoms with E-state index < -0.39 is 0 Å². The number of pyridine rings is 1. The van der Waals surface area contributed by atoms with Gasteiger partial charge in [-0.25, -0.2) is 4.98 Å². The van der Waals surface area contributed by atoms with Gasteiger partial charge in [0.1, 0.15) is 5.82 Å². The van der Waals surface area contributed by atoms with Gasteiger partial charge in [-0.2, -0.15) is 0 Å². The van der Waals surface area contributed by atoms with E-state index in [1.807, 2.05) is 6.20 Å². The molecule has 2 nitrogen and oxygen atoms in total. The summed E-state index contributed by atoms with van der Waals surface area (Å²) >= 11 is 5.89. The predicted octanol–water partition coefficient (Wildman–Crippen LogP) is 4.08. The van der Waals surface area contributed by atoms with Crippen molar-refractivity contribution in [2.75, 3.05) is 23.9 Å². The van der Waals surface area contributed by atoms with Crippen molar-refractivity contribution >= 4 is 28.2 Å². The van der Waals surface area contributed by atoms with Crippen molar-refractivity contribution in [2.24, 2.45) is 5.92 Å². The second-order valence-corrected chi connectivity index (χ2v) is 5.67. The normalized spacial score (nSPS) is 19.8. The summed E-state index contributed by atoms with van der Waals surface area (Å²) in [6.07, 6.45) is 5.58. The van der Waals surface area contributed by atoms with E-state index in [9.17, 15) is 0 Å². The molecule has 0 amide bonds. The summed E-state index contributed by atoms with van der Waals surface area (Å²) in [5, 5.41) is 2.53. The fraction of sp³-hybridized carbons (Fsp3) is 0.438. The maximum atomic E-state index is 5.89. The third-order valence-corrected chi connectivity index (χ3v) is 4.21. The van der Waals surface area contributed by atoms with Gasteiger partial charge in [0, 0.05) is 30.6 Å². The molecule has 1 fully saturated rings. The molecule has 3 heteroatoms. The van der Waals surface area contributed by atoms with Crippen molar-refractivity contribution in [1.29, 1.82) is 0 Å². The number of hydrogen-bond acceptors (Lipinski definition) is 2. The summed E-state index contributed by atoms with van der Waals surface area (Å²) in [7, 11) is 0. The molecule has 1 unspecified atom stereocenters. The highest BCUT2D eigenvalue weighted by Crippen LogP contribution is 2.29. The van der Waals surface area contributed by atoms with E-state index in [0.717, 1.165) is 31.2 Å². The van der Waals surface area contributed by atoms with Crippen LogP contribution in [0.1, 0.15) is 19.3 Å². The van der Waals surface area contributed by atoms with E-state index >= 15 is 0 Å². The Labute approximate surface area is 119 Å². The van der Waals surface area contributed by atoms with Crippen molar-refractivity contribution in [3.8, 4) is 0 Å². The third-order valence-electron chi connectivity index (χ3n) is 3.99. The first-order chi connectivity index (χ1) is 9.38. The Morgan fingerprint density at radius 3 is 3.05 bits per heavy atom. The van der Waals surface area contributed by atoms with E-state index in [-0.39, 0.29) is 0 Å². The highest BCUT2D eigenvalue weighted by atomic mass is 35.5. The lowest BCUT2D eigenvalue weighted by Crippen LogP contribution is -2.36. The highest BCUT2D eigenvalue weighted by Gasteiger charge is 2.21. The van der Waals surface area contributed by atoms with Gasteiger partial charge in [-0.3, -0.25) is 0 Å². The van der Waals surface area contributed by atoms with Gasteiger partial charge >= 0.3 is 0 Å². The van der Waals surface area contributed by atoms with Crippen LogP contribution < -0.4 is 4.90 Å². The molecule has 1 aliphatic rings. The van der Waals surface area contributed by atoms with Crippen molar-refractivity contribution in [3.05, 3.63) is 36.5 Å². The number of piperidine rings is 1. The number of alkyl halides is 1. The van der Waals surface area contributed by atoms with Gasteiger partial charge < -0.3 is 4.90 Å². The van der Waals surface area contributed by atoms with Crippen LogP contribution >= 0.6 is 11.6 Å². The summed E-state index contributed by atoms with van der Waals surface area (Å²) < 4.78 is 0. The monoisotopic (exact) mass is 274 g/mol. The molecule has 1 atom stereocenters. The molecule has 1 aromatic carbocycles. The molecule has 0 aliphatic carbocycles. The second kappa shape index (κ2) is 5.79. The number of benzene rings is 1. The molecule has 1 aliphatic heterocycles. The zero-order valence-corrected chi connectivity index (χ0v) is 11.8. The molecule has 0 radical (unpaired) electrons. The molecule has 1 saturated heterocycles. The van der Waals surface area contributed by atoms with E-state index in [0.29, 0.717) is 5.92 Å². The minimum absolute atomic E-state index is 0.715. The molecule has 1 aromatic heterocycles. The Balaban J connectivity index is 1.91. The first-order valence-electron chi connectivity index (χ1n) is 7.03. The maximum absolute atomic E-state index is 5.89. The van der Waals surface area contributed by atoms with E-state index in [2.05, 4.69) is 40.2 Å². The number of halogens is 1. The molecule has 2 aromatic rings. The van der Waals surface area contributed by atoms with Crippen molar-refractivity contribution in [3.63, 3.8) is 0 Å². The Morgan fingerprint density at radius 1 is 1.26 bits per heavy atom. The lowest BCUT2D eigenvalue weighted by molar-refractivity contribution is 0.405. The van der Waals surface area contributed by atoms with E-state index in [4.69, 9.17) is 11.6 Å². The molecule has 0 saturated carbocycles. The molecule has 2 heterocycles. The fourth-order valence-electron chi connectivity index (χ4n) is 3.00. The Morgan fingerprint density at radius 2 is 2.16 bits per heavy atom. The zero-order chi connectivity index (χ0) is 13.1. The topological polar surface area (TPSA) is 16.1 Å². The Kier molecular flexibility index (Phi) is 3.88. The lowest BCUT2D eigenvalue weighted by atomic mass is 9.95. The van der Waals surface area contributed by atoms with Gasteiger partial charge in [-0.05, 0) is 36.6 Å². The standard InChI is InChI=1S/C16H19ClN2/c17-9-7-13-4-3-11-19(12-13)16-15-6-2-1-5-14(15)8-10-18-16/h1-2,5-6,8,10,13H,3-4,7,9,11-12H2. The number of hydrogen-bond donors (Lipinski definition) is 0. The van der Waals surface area contributed by atoms with E-state index in [1.165, 1.54) is 23.6 Å². The van der Waals surface area contributed by atoms with Gasteiger partial charge in [0.15, 0.2) is 0 Å². The van der Waals surface area contributed by atoms with Crippen LogP contribution in [0.15, 0.2) is 36.5 Å². The van der Waals surface area contributed by atoms with Crippen LogP contribution in [-0.4, -0.2) is 24.0 Å². The summed E-state index contributed by atoms with van der Waals surface area (Å²) in [4.78, 5) is 7.05. The average Bonchev–Trinajstić information content (AvgIpc) is 2.47. The summed E-state index contributed by atoms with van der Waals surface area (Å²) in [5.41, 5.74) is 0. The molecule has 19 heavy (non-hydrogen) atoms. The molecular formula is C16H19ClN2. The van der Waals surface area contributed by atoms with Crippen molar-refractivity contribution in [2.45, 2.75) is 19.3 Å². The second-order valence-electron chi connectivity index (χ2n) is 5.29. The molecule has 100 valence electrons. The minimum atomic E-state index is 0.715. The largest absolute Gasteiger partial charge is 0.356 e. The Hall–Kier alpha value is -1.28. The number of nitrogens with zero attached hydrogens (tertiary/aromatic N) is 2. The molecular weight excluding hydrogens is 256 g/mol. The number of fused-ring (bicyclic) bond motifs is 1. The minimum Gasteiger partial charge on any atom is -0.356 e. The van der Waals surface area contributed by atoms with Crippen LogP contribution in [0.3, 0.4) is 0 Å². The molecule has 0 spiro atoms. The molecule has 0 N–H and O–H groups in total. The van der Waals surface area contributed by atoms with Crippen LogP contribution in [0.25, 0.3) is 10.8 Å². The lowest BCUT2D eigenvalue weighted by Gasteiger charge is -2.34. The van der Waals surface area contributed by atoms with Gasteiger partial charge in [-0.15, -0.1) is 11.6 Å². The average molecular weight is 275 g/mol. The fourth-order valence-corrected chi connectivity index (χ4v) is 3.31. The highest BCUT2D eigenvalue weighted by molar-refractivity contribution is 6.17. The van der Waals surface area contributed by atoms with Crippen molar-refractivity contribution in [1.82, 2.24) is 4.98 Å². The smallest absolute Gasteiger partial charge is 0.136 e. The first-order valence-corrected chi connectivity index (χ1v) is 7.56. The first kappa shape index (κ1) is 12.7. The van der Waals surface area contributed by atoms with Crippen molar-refractivity contribution < 1.29 is 0 Å². The summed E-state index contributed by atoms with van der Waals surface area (Å²) in [6.45, 7) is 2.20. The SMILES string of the molecule is ClCCC1CCCN(c2nccc3ccccc23)C1. The van der Waals surface area contributed by atoms with Gasteiger partial charge in [-0.1, -0.05) is 24.3 Å². The van der Waals surface area contributed by atoms with E-state index in [1.54, 1.807) is 0 Å². The van der Waals surface area contributed by atoms with Crippen LogP contribution in [0.5, 0.6) is 0 Å². The Bertz CT molecular complexity index is 548. The quantitative estimate of drug-likeness (QED) is 0.784. The van der Waals surface area contributed by atoms with Crippen LogP contribution in [0.4, 0.5) is 5.82 Å². The number of rotatable bonds is 3. The van der Waals surface area contributed by atoms with Gasteiger partial charge in [0.25, 0.3) is 0 Å². The van der Waals surface area contributed by atoms with Gasteiger partial charge in [0.2, 0.25) is 0 Å². The zero-order valence-electron chi connectivity index (χ0n) is 11.1. The van der Waals surface area contributed by atoms with Crippen LogP contribution in [0.2, 0.25) is 0 Å². The number of anilines is 1. The molecule has 0 bridgehead atoms. The summed E-state index contributed by atoms with van der Waals surface area (Å²) in [5.74, 6) is 2.62. The number of aromatic nitrogens is 1. The van der Waals surface area contributed by atoms with Crippen LogP contribution in [0, 0.1) is 5.92 Å². The molecule has 3 rings (SSSR count). The summed E-state index contributed by atoms with van der Waals surface area (Å²) in [6, 6.07) is 10.6. The maximum Gasteiger partial charge on any atom is 0.136 e. The predicted molar refractivity (Wildman–Crippen MR) is 82.0 cm³/mol. The third kappa shape index (κ3) is 2.69.